The number of hydrogen-bond acceptors (Lipinski definition) is 5. The van der Waals surface area contributed by atoms with Crippen molar-refractivity contribution in [3.63, 3.8) is 0 Å². The second-order valence-electron chi connectivity index (χ2n) is 7.16. The fraction of sp³-hybridized carbons (Fsp3) is 0.389. The molecule has 0 amide bonds. The Bertz CT molecular complexity index is 961. The van der Waals surface area contributed by atoms with Gasteiger partial charge in [0.1, 0.15) is 0 Å². The molecule has 1 saturated carbocycles. The average molecular weight is 431 g/mol. The minimum Gasteiger partial charge on any atom is -0.481 e. The molecule has 0 spiro atoms. The van der Waals surface area contributed by atoms with Gasteiger partial charge in [0.2, 0.25) is 0 Å². The summed E-state index contributed by atoms with van der Waals surface area (Å²) in [5, 5.41) is 29.3. The summed E-state index contributed by atoms with van der Waals surface area (Å²) in [6.07, 6.45) is -4.83. The molecule has 1 aliphatic carbocycles. The van der Waals surface area contributed by atoms with E-state index in [1.807, 2.05) is 17.0 Å². The number of carboxylic acids is 3. The Labute approximate surface area is 166 Å². The summed E-state index contributed by atoms with van der Waals surface area (Å²) in [5.74, 6) is -4.72. The molecular formula is C18H16F3NO6S. The molecule has 1 aromatic heterocycles. The Balaban J connectivity index is 0.000000298. The maximum Gasteiger partial charge on any atom is 0.490 e. The van der Waals surface area contributed by atoms with E-state index in [1.54, 1.807) is 11.3 Å². The van der Waals surface area contributed by atoms with Crippen molar-refractivity contribution in [3.05, 3.63) is 35.2 Å². The van der Waals surface area contributed by atoms with Crippen LogP contribution in [0.25, 0.3) is 10.1 Å². The minimum atomic E-state index is -5.08. The van der Waals surface area contributed by atoms with Gasteiger partial charge in [0.05, 0.1) is 10.8 Å². The molecular weight excluding hydrogens is 415 g/mol. The van der Waals surface area contributed by atoms with Crippen LogP contribution in [0.5, 0.6) is 0 Å². The van der Waals surface area contributed by atoms with E-state index in [0.717, 1.165) is 5.56 Å². The highest BCUT2D eigenvalue weighted by Crippen LogP contribution is 2.68. The monoisotopic (exact) mass is 431 g/mol. The fourth-order valence-electron chi connectivity index (χ4n) is 3.91. The number of alkyl halides is 3. The Hall–Kier alpha value is -2.66. The van der Waals surface area contributed by atoms with Crippen LogP contribution < -0.4 is 0 Å². The molecule has 29 heavy (non-hydrogen) atoms. The van der Waals surface area contributed by atoms with E-state index >= 15 is 0 Å². The van der Waals surface area contributed by atoms with E-state index in [9.17, 15) is 33.0 Å². The molecule has 7 nitrogen and oxygen atoms in total. The zero-order valence-electron chi connectivity index (χ0n) is 14.8. The third-order valence-corrected chi connectivity index (χ3v) is 6.41. The van der Waals surface area contributed by atoms with Gasteiger partial charge in [0, 0.05) is 24.3 Å². The zero-order valence-corrected chi connectivity index (χ0v) is 15.6. The maximum absolute atomic E-state index is 11.5. The highest BCUT2D eigenvalue weighted by molar-refractivity contribution is 7.17. The van der Waals surface area contributed by atoms with Crippen LogP contribution in [0.1, 0.15) is 12.0 Å². The van der Waals surface area contributed by atoms with Crippen molar-refractivity contribution >= 4 is 39.3 Å². The molecule has 3 N–H and O–H groups in total. The first kappa shape index (κ1) is 21.1. The smallest absolute Gasteiger partial charge is 0.481 e. The first-order valence-electron chi connectivity index (χ1n) is 8.37. The highest BCUT2D eigenvalue weighted by Gasteiger charge is 2.80. The Morgan fingerprint density at radius 3 is 2.03 bits per heavy atom. The van der Waals surface area contributed by atoms with Crippen LogP contribution in [0.4, 0.5) is 13.2 Å². The molecule has 2 aromatic rings. The second kappa shape index (κ2) is 6.99. The van der Waals surface area contributed by atoms with Gasteiger partial charge < -0.3 is 15.3 Å². The number of likely N-dealkylation sites (tertiary alicyclic amines) is 1. The van der Waals surface area contributed by atoms with Crippen LogP contribution in [-0.4, -0.2) is 57.4 Å². The van der Waals surface area contributed by atoms with Crippen molar-refractivity contribution in [3.8, 4) is 0 Å². The Morgan fingerprint density at radius 2 is 1.55 bits per heavy atom. The standard InChI is InChI=1S/C16H15NO4S.C2HF3O2/c18-13(19)15-7-16(15,14(20)21)9-17(8-15)5-10-6-22-12-4-2-1-3-11(10)12;3-2(4,5)1(6)7/h1-4,6H,5,7-9H2,(H,18,19)(H,20,21);(H,6,7)/t15-,16+;. The first-order valence-corrected chi connectivity index (χ1v) is 9.25. The number of nitrogens with zero attached hydrogens (tertiary/aromatic N) is 1. The van der Waals surface area contributed by atoms with Crippen LogP contribution in [0, 0.1) is 10.8 Å². The van der Waals surface area contributed by atoms with Gasteiger partial charge in [-0.15, -0.1) is 11.3 Å². The van der Waals surface area contributed by atoms with Crippen LogP contribution in [0.15, 0.2) is 29.6 Å². The van der Waals surface area contributed by atoms with Crippen LogP contribution in [-0.2, 0) is 20.9 Å². The molecule has 2 heterocycles. The van der Waals surface area contributed by atoms with E-state index in [-0.39, 0.29) is 6.42 Å². The SMILES string of the molecule is O=C(O)C(F)(F)F.O=C(O)[C@@]12CN(Cc3csc4ccccc34)C[C@]1(C(=O)O)C2. The number of carbonyl (C=O) groups is 3. The lowest BCUT2D eigenvalue weighted by molar-refractivity contribution is -0.192. The molecule has 4 rings (SSSR count). The number of fused-ring (bicyclic) bond motifs is 2. The van der Waals surface area contributed by atoms with E-state index < -0.39 is 34.9 Å². The summed E-state index contributed by atoms with van der Waals surface area (Å²) in [7, 11) is 0. The van der Waals surface area contributed by atoms with E-state index in [0.29, 0.717) is 19.6 Å². The number of halogens is 3. The number of hydrogen-bond donors (Lipinski definition) is 3. The van der Waals surface area contributed by atoms with Crippen molar-refractivity contribution in [2.24, 2.45) is 10.8 Å². The van der Waals surface area contributed by atoms with Crippen LogP contribution in [0.2, 0.25) is 0 Å². The van der Waals surface area contributed by atoms with Gasteiger partial charge in [-0.1, -0.05) is 18.2 Å². The lowest BCUT2D eigenvalue weighted by Gasteiger charge is -2.19. The maximum atomic E-state index is 11.5. The van der Waals surface area contributed by atoms with Crippen molar-refractivity contribution < 1.29 is 42.9 Å². The van der Waals surface area contributed by atoms with Gasteiger partial charge in [-0.2, -0.15) is 13.2 Å². The van der Waals surface area contributed by atoms with Gasteiger partial charge in [-0.3, -0.25) is 14.5 Å². The number of carboxylic acid groups (broad SMARTS) is 3. The molecule has 0 unspecified atom stereocenters. The summed E-state index contributed by atoms with van der Waals surface area (Å²) < 4.78 is 32.9. The van der Waals surface area contributed by atoms with Gasteiger partial charge in [0.15, 0.2) is 0 Å². The van der Waals surface area contributed by atoms with Crippen molar-refractivity contribution in [2.45, 2.75) is 19.1 Å². The van der Waals surface area contributed by atoms with E-state index in [4.69, 9.17) is 9.90 Å². The topological polar surface area (TPSA) is 115 Å². The summed E-state index contributed by atoms with van der Waals surface area (Å²) in [6.45, 7) is 1.24. The highest BCUT2D eigenvalue weighted by atomic mass is 32.1. The van der Waals surface area contributed by atoms with Crippen molar-refractivity contribution in [1.29, 1.82) is 0 Å². The van der Waals surface area contributed by atoms with Gasteiger partial charge in [-0.25, -0.2) is 4.79 Å². The lowest BCUT2D eigenvalue weighted by Crippen LogP contribution is -2.28. The molecule has 2 atom stereocenters. The molecule has 1 aliphatic heterocycles. The quantitative estimate of drug-likeness (QED) is 0.682. The summed E-state index contributed by atoms with van der Waals surface area (Å²) in [6, 6.07) is 8.09. The first-order chi connectivity index (χ1) is 13.4. The van der Waals surface area contributed by atoms with Crippen molar-refractivity contribution in [1.82, 2.24) is 4.90 Å². The number of benzene rings is 1. The number of piperidine rings is 1. The third-order valence-electron chi connectivity index (χ3n) is 5.40. The number of aliphatic carboxylic acids is 3. The zero-order chi connectivity index (χ0) is 21.6. The van der Waals surface area contributed by atoms with Gasteiger partial charge in [-0.05, 0) is 28.8 Å². The molecule has 11 heteroatoms. The Kier molecular flexibility index (Phi) is 5.08. The van der Waals surface area contributed by atoms with Crippen molar-refractivity contribution in [2.75, 3.05) is 13.1 Å². The molecule has 0 radical (unpaired) electrons. The average Bonchev–Trinajstić information content (AvgIpc) is 2.94. The third kappa shape index (κ3) is 3.55. The van der Waals surface area contributed by atoms with Crippen LogP contribution in [0.3, 0.4) is 0 Å². The lowest BCUT2D eigenvalue weighted by atomic mass is 9.97. The molecule has 1 saturated heterocycles. The summed E-state index contributed by atoms with van der Waals surface area (Å²) in [4.78, 5) is 34.0. The van der Waals surface area contributed by atoms with Crippen LogP contribution >= 0.6 is 11.3 Å². The number of rotatable bonds is 4. The van der Waals surface area contributed by atoms with E-state index in [1.165, 1.54) is 10.1 Å². The predicted octanol–water partition coefficient (Wildman–Crippen LogP) is 2.90. The molecule has 1 aromatic carbocycles. The van der Waals surface area contributed by atoms with Gasteiger partial charge in [0.25, 0.3) is 0 Å². The van der Waals surface area contributed by atoms with E-state index in [2.05, 4.69) is 17.5 Å². The second-order valence-corrected chi connectivity index (χ2v) is 8.07. The number of thiophene rings is 1. The normalized spacial score (nSPS) is 25.8. The summed E-state index contributed by atoms with van der Waals surface area (Å²) in [5.41, 5.74) is -1.04. The molecule has 2 fully saturated rings. The fourth-order valence-corrected chi connectivity index (χ4v) is 4.86. The molecule has 156 valence electrons. The summed E-state index contributed by atoms with van der Waals surface area (Å²) >= 11 is 1.66. The molecule has 0 bridgehead atoms. The largest absolute Gasteiger partial charge is 0.490 e. The minimum absolute atomic E-state index is 0.256. The molecule has 2 aliphatic rings. The Morgan fingerprint density at radius 1 is 1.03 bits per heavy atom. The van der Waals surface area contributed by atoms with Gasteiger partial charge >= 0.3 is 24.1 Å². The predicted molar refractivity (Wildman–Crippen MR) is 95.5 cm³/mol.